The lowest BCUT2D eigenvalue weighted by molar-refractivity contribution is 0.320. The van der Waals surface area contributed by atoms with Gasteiger partial charge in [0.2, 0.25) is 5.75 Å². The highest BCUT2D eigenvalue weighted by atomic mass is 16.5. The van der Waals surface area contributed by atoms with Crippen LogP contribution in [0.25, 0.3) is 6.08 Å². The third kappa shape index (κ3) is 1.66. The summed E-state index contributed by atoms with van der Waals surface area (Å²) in [6, 6.07) is 1.99. The van der Waals surface area contributed by atoms with Crippen LogP contribution < -0.4 is 14.2 Å². The summed E-state index contributed by atoms with van der Waals surface area (Å²) in [6.45, 7) is 4.31. The highest BCUT2D eigenvalue weighted by molar-refractivity contribution is 5.74. The van der Waals surface area contributed by atoms with Crippen molar-refractivity contribution in [1.29, 1.82) is 0 Å². The number of hydrogen-bond acceptors (Lipinski definition) is 3. The van der Waals surface area contributed by atoms with Gasteiger partial charge in [0.15, 0.2) is 11.5 Å². The number of benzene rings is 1. The molecule has 0 saturated heterocycles. The lowest BCUT2D eigenvalue weighted by Gasteiger charge is -2.23. The molecule has 0 atom stereocenters. The quantitative estimate of drug-likeness (QED) is 0.804. The molecule has 1 aromatic rings. The molecule has 0 aliphatic heterocycles. The van der Waals surface area contributed by atoms with Crippen molar-refractivity contribution in [2.45, 2.75) is 19.3 Å². The van der Waals surface area contributed by atoms with E-state index >= 15 is 0 Å². The van der Waals surface area contributed by atoms with Gasteiger partial charge in [-0.15, -0.1) is 0 Å². The zero-order valence-electron chi connectivity index (χ0n) is 11.0. The van der Waals surface area contributed by atoms with Crippen LogP contribution in [0, 0.1) is 0 Å². The molecule has 0 fully saturated rings. The van der Waals surface area contributed by atoms with E-state index in [1.54, 1.807) is 21.3 Å². The summed E-state index contributed by atoms with van der Waals surface area (Å²) in [6.07, 6.45) is 4.26. The van der Waals surface area contributed by atoms with Crippen molar-refractivity contribution in [2.24, 2.45) is 0 Å². The fourth-order valence-corrected chi connectivity index (χ4v) is 2.35. The lowest BCUT2D eigenvalue weighted by atomic mass is 9.86. The van der Waals surface area contributed by atoms with E-state index in [2.05, 4.69) is 26.0 Å². The standard InChI is InChI=1S/C14H18O3/c1-14(2)7-6-9-8-10(15-3)12(16-4)13(17-5)11(9)14/h6-8H,1-5H3. The third-order valence-corrected chi connectivity index (χ3v) is 3.18. The summed E-state index contributed by atoms with van der Waals surface area (Å²) in [4.78, 5) is 0. The van der Waals surface area contributed by atoms with E-state index < -0.39 is 0 Å². The molecule has 0 amide bonds. The molecule has 0 spiro atoms. The Labute approximate surface area is 102 Å². The Morgan fingerprint density at radius 1 is 0.941 bits per heavy atom. The number of hydrogen-bond donors (Lipinski definition) is 0. The predicted molar refractivity (Wildman–Crippen MR) is 68.2 cm³/mol. The fourth-order valence-electron chi connectivity index (χ4n) is 2.35. The molecule has 92 valence electrons. The van der Waals surface area contributed by atoms with Crippen LogP contribution in [0.3, 0.4) is 0 Å². The predicted octanol–water partition coefficient (Wildman–Crippen LogP) is 3.02. The lowest BCUT2D eigenvalue weighted by Crippen LogP contribution is -2.13. The van der Waals surface area contributed by atoms with E-state index in [0.717, 1.165) is 16.9 Å². The van der Waals surface area contributed by atoms with Crippen LogP contribution in [0.1, 0.15) is 25.0 Å². The van der Waals surface area contributed by atoms with E-state index in [1.165, 1.54) is 0 Å². The van der Waals surface area contributed by atoms with Crippen molar-refractivity contribution in [1.82, 2.24) is 0 Å². The van der Waals surface area contributed by atoms with E-state index in [1.807, 2.05) is 6.07 Å². The highest BCUT2D eigenvalue weighted by Gasteiger charge is 2.32. The molecule has 0 N–H and O–H groups in total. The molecular formula is C14H18O3. The summed E-state index contributed by atoms with van der Waals surface area (Å²) in [7, 11) is 4.92. The minimum atomic E-state index is -0.0414. The van der Waals surface area contributed by atoms with E-state index in [4.69, 9.17) is 14.2 Å². The first-order chi connectivity index (χ1) is 8.05. The van der Waals surface area contributed by atoms with Crippen LogP contribution in [0.2, 0.25) is 0 Å². The van der Waals surface area contributed by atoms with Gasteiger partial charge in [0.25, 0.3) is 0 Å². The number of ether oxygens (including phenoxy) is 3. The van der Waals surface area contributed by atoms with Gasteiger partial charge in [-0.1, -0.05) is 26.0 Å². The van der Waals surface area contributed by atoms with E-state index in [9.17, 15) is 0 Å². The van der Waals surface area contributed by atoms with Crippen LogP contribution in [-0.2, 0) is 5.41 Å². The Morgan fingerprint density at radius 2 is 1.59 bits per heavy atom. The van der Waals surface area contributed by atoms with Gasteiger partial charge in [0, 0.05) is 11.0 Å². The van der Waals surface area contributed by atoms with E-state index in [-0.39, 0.29) is 5.41 Å². The van der Waals surface area contributed by atoms with Crippen molar-refractivity contribution in [3.05, 3.63) is 23.3 Å². The van der Waals surface area contributed by atoms with Gasteiger partial charge in [0.1, 0.15) is 0 Å². The second-order valence-corrected chi connectivity index (χ2v) is 4.66. The van der Waals surface area contributed by atoms with Gasteiger partial charge in [0.05, 0.1) is 21.3 Å². The second-order valence-electron chi connectivity index (χ2n) is 4.66. The minimum Gasteiger partial charge on any atom is -0.493 e. The average Bonchev–Trinajstić information content (AvgIpc) is 2.62. The van der Waals surface area contributed by atoms with Crippen LogP contribution >= 0.6 is 0 Å². The Hall–Kier alpha value is -1.64. The van der Waals surface area contributed by atoms with Crippen LogP contribution in [0.5, 0.6) is 17.2 Å². The fraction of sp³-hybridized carbons (Fsp3) is 0.429. The molecule has 0 unspecified atom stereocenters. The maximum absolute atomic E-state index is 5.51. The molecule has 0 radical (unpaired) electrons. The first kappa shape index (κ1) is 11.8. The van der Waals surface area contributed by atoms with Gasteiger partial charge in [-0.25, -0.2) is 0 Å². The van der Waals surface area contributed by atoms with Crippen molar-refractivity contribution >= 4 is 6.08 Å². The van der Waals surface area contributed by atoms with Crippen LogP contribution in [-0.4, -0.2) is 21.3 Å². The molecule has 0 heterocycles. The number of rotatable bonds is 3. The highest BCUT2D eigenvalue weighted by Crippen LogP contribution is 2.50. The molecule has 17 heavy (non-hydrogen) atoms. The Bertz CT molecular complexity index is 473. The molecule has 1 aliphatic carbocycles. The van der Waals surface area contributed by atoms with Crippen molar-refractivity contribution in [2.75, 3.05) is 21.3 Å². The van der Waals surface area contributed by atoms with Crippen LogP contribution in [0.4, 0.5) is 0 Å². The summed E-state index contributed by atoms with van der Waals surface area (Å²) in [5.74, 6) is 2.12. The van der Waals surface area contributed by atoms with Crippen molar-refractivity contribution in [3.63, 3.8) is 0 Å². The topological polar surface area (TPSA) is 27.7 Å². The smallest absolute Gasteiger partial charge is 0.203 e. The molecule has 3 heteroatoms. The maximum atomic E-state index is 5.51. The molecule has 3 nitrogen and oxygen atoms in total. The van der Waals surface area contributed by atoms with E-state index in [0.29, 0.717) is 11.5 Å². The molecule has 1 aromatic carbocycles. The Morgan fingerprint density at radius 3 is 2.12 bits per heavy atom. The zero-order chi connectivity index (χ0) is 12.6. The first-order valence-electron chi connectivity index (χ1n) is 5.58. The summed E-state index contributed by atoms with van der Waals surface area (Å²) < 4.78 is 16.2. The molecular weight excluding hydrogens is 216 g/mol. The molecule has 0 bridgehead atoms. The molecule has 1 aliphatic rings. The summed E-state index contributed by atoms with van der Waals surface area (Å²) >= 11 is 0. The zero-order valence-corrected chi connectivity index (χ0v) is 11.0. The summed E-state index contributed by atoms with van der Waals surface area (Å²) in [5.41, 5.74) is 2.24. The Balaban J connectivity index is 2.74. The largest absolute Gasteiger partial charge is 0.493 e. The first-order valence-corrected chi connectivity index (χ1v) is 5.58. The monoisotopic (exact) mass is 234 g/mol. The maximum Gasteiger partial charge on any atom is 0.203 e. The minimum absolute atomic E-state index is 0.0414. The van der Waals surface area contributed by atoms with Gasteiger partial charge in [-0.05, 0) is 11.6 Å². The average molecular weight is 234 g/mol. The number of methoxy groups -OCH3 is 3. The number of allylic oxidation sites excluding steroid dienone is 1. The molecule has 0 saturated carbocycles. The second kappa shape index (κ2) is 3.99. The van der Waals surface area contributed by atoms with Crippen molar-refractivity contribution < 1.29 is 14.2 Å². The number of fused-ring (bicyclic) bond motifs is 1. The third-order valence-electron chi connectivity index (χ3n) is 3.18. The van der Waals surface area contributed by atoms with Gasteiger partial charge in [-0.2, -0.15) is 0 Å². The van der Waals surface area contributed by atoms with Gasteiger partial charge < -0.3 is 14.2 Å². The molecule has 2 rings (SSSR count). The van der Waals surface area contributed by atoms with Gasteiger partial charge in [-0.3, -0.25) is 0 Å². The Kier molecular flexibility index (Phi) is 2.77. The molecule has 0 aromatic heterocycles. The SMILES string of the molecule is COc1cc2c(c(OC)c1OC)C(C)(C)C=C2. The normalized spacial score (nSPS) is 15.6. The van der Waals surface area contributed by atoms with Crippen molar-refractivity contribution in [3.8, 4) is 17.2 Å². The van der Waals surface area contributed by atoms with Crippen LogP contribution in [0.15, 0.2) is 12.1 Å². The summed E-state index contributed by atoms with van der Waals surface area (Å²) in [5, 5.41) is 0. The van der Waals surface area contributed by atoms with Gasteiger partial charge >= 0.3 is 0 Å².